The second-order valence-corrected chi connectivity index (χ2v) is 7.85. The van der Waals surface area contributed by atoms with Gasteiger partial charge in [0.1, 0.15) is 17.3 Å². The molecule has 3 heterocycles. The van der Waals surface area contributed by atoms with Gasteiger partial charge in [-0.1, -0.05) is 20.8 Å². The van der Waals surface area contributed by atoms with Crippen molar-refractivity contribution < 1.29 is 5.11 Å². The molecule has 9 nitrogen and oxygen atoms in total. The molecule has 1 fully saturated rings. The van der Waals surface area contributed by atoms with Gasteiger partial charge >= 0.3 is 0 Å². The van der Waals surface area contributed by atoms with Crippen LogP contribution in [0.3, 0.4) is 0 Å². The zero-order valence-corrected chi connectivity index (χ0v) is 15.8. The Balaban J connectivity index is 2.12. The third-order valence-electron chi connectivity index (χ3n) is 4.60. The molecule has 0 amide bonds. The lowest BCUT2D eigenvalue weighted by Gasteiger charge is -2.23. The zero-order valence-electron chi connectivity index (χ0n) is 15.8. The molecule has 0 aliphatic carbocycles. The molecule has 142 valence electrons. The summed E-state index contributed by atoms with van der Waals surface area (Å²) < 4.78 is 1.97. The number of likely N-dealkylation sites (N-methyl/N-ethyl adjacent to an activating group) is 1. The lowest BCUT2D eigenvalue weighted by atomic mass is 9.95. The van der Waals surface area contributed by atoms with E-state index in [1.165, 1.54) is 5.01 Å². The van der Waals surface area contributed by atoms with Gasteiger partial charge in [0.05, 0.1) is 18.0 Å². The van der Waals surface area contributed by atoms with E-state index in [2.05, 4.69) is 30.8 Å². The Bertz CT molecular complexity index is 820. The second-order valence-electron chi connectivity index (χ2n) is 7.85. The van der Waals surface area contributed by atoms with E-state index in [4.69, 9.17) is 21.7 Å². The fraction of sp³-hybridized carbons (Fsp3) is 0.588. The normalized spacial score (nSPS) is 18.8. The maximum atomic E-state index is 9.94. The first kappa shape index (κ1) is 18.4. The minimum absolute atomic E-state index is 0.203. The molecule has 26 heavy (non-hydrogen) atoms. The van der Waals surface area contributed by atoms with E-state index >= 15 is 0 Å². The van der Waals surface area contributed by atoms with Crippen LogP contribution in [0.5, 0.6) is 0 Å². The molecule has 0 radical (unpaired) electrons. The summed E-state index contributed by atoms with van der Waals surface area (Å²) in [4.78, 5) is 11.8. The number of hydrogen-bond acceptors (Lipinski definition) is 7. The smallest absolute Gasteiger partial charge is 0.158 e. The summed E-state index contributed by atoms with van der Waals surface area (Å²) in [7, 11) is 1.70. The van der Waals surface area contributed by atoms with Gasteiger partial charge in [0.25, 0.3) is 0 Å². The molecule has 0 spiro atoms. The number of fused-ring (bicyclic) bond motifs is 1. The molecule has 1 aliphatic heterocycles. The Labute approximate surface area is 153 Å². The number of hydrogen-bond donors (Lipinski definition) is 3. The van der Waals surface area contributed by atoms with E-state index in [-0.39, 0.29) is 11.5 Å². The molecular formula is C17H28N8O. The third kappa shape index (κ3) is 3.45. The maximum absolute atomic E-state index is 9.94. The van der Waals surface area contributed by atoms with Gasteiger partial charge in [-0.05, 0) is 12.5 Å². The molecule has 2 aromatic heterocycles. The van der Waals surface area contributed by atoms with E-state index < -0.39 is 0 Å². The summed E-state index contributed by atoms with van der Waals surface area (Å²) in [5, 5.41) is 16.0. The number of hydrazine groups is 1. The minimum atomic E-state index is -0.318. The predicted molar refractivity (Wildman–Crippen MR) is 103 cm³/mol. The molecule has 9 heteroatoms. The second kappa shape index (κ2) is 6.73. The van der Waals surface area contributed by atoms with Crippen molar-refractivity contribution in [1.82, 2.24) is 19.5 Å². The Morgan fingerprint density at radius 3 is 2.69 bits per heavy atom. The summed E-state index contributed by atoms with van der Waals surface area (Å²) in [6, 6.07) is 1.99. The third-order valence-corrected chi connectivity index (χ3v) is 4.60. The van der Waals surface area contributed by atoms with Gasteiger partial charge in [0.15, 0.2) is 5.84 Å². The van der Waals surface area contributed by atoms with E-state index in [1.54, 1.807) is 7.05 Å². The summed E-state index contributed by atoms with van der Waals surface area (Å²) in [5.74, 6) is 13.4. The fourth-order valence-corrected chi connectivity index (χ4v) is 3.08. The highest BCUT2D eigenvalue weighted by molar-refractivity contribution is 5.90. The largest absolute Gasteiger partial charge is 0.391 e. The van der Waals surface area contributed by atoms with Gasteiger partial charge in [0, 0.05) is 31.7 Å². The summed E-state index contributed by atoms with van der Waals surface area (Å²) in [6.45, 7) is 8.04. The van der Waals surface area contributed by atoms with Crippen molar-refractivity contribution >= 4 is 22.7 Å². The number of hydrazone groups is 1. The first-order valence-corrected chi connectivity index (χ1v) is 8.76. The van der Waals surface area contributed by atoms with Crippen molar-refractivity contribution in [3.8, 4) is 0 Å². The topological polar surface area (TPSA) is 122 Å². The SMILES string of the molecule is CN(N)/C(Cn1ccc2c(N3CCC(O)C3)nc(C(C)(C)C)nc21)=N\N. The average molecular weight is 360 g/mol. The van der Waals surface area contributed by atoms with Crippen molar-refractivity contribution in [1.29, 1.82) is 0 Å². The molecule has 1 atom stereocenters. The quantitative estimate of drug-likeness (QED) is 0.313. The van der Waals surface area contributed by atoms with E-state index in [0.29, 0.717) is 18.9 Å². The van der Waals surface area contributed by atoms with Gasteiger partial charge in [-0.3, -0.25) is 5.01 Å². The van der Waals surface area contributed by atoms with Gasteiger partial charge in [-0.15, -0.1) is 0 Å². The van der Waals surface area contributed by atoms with Crippen molar-refractivity contribution in [2.24, 2.45) is 16.8 Å². The van der Waals surface area contributed by atoms with Crippen LogP contribution in [0.4, 0.5) is 5.82 Å². The number of aliphatic hydroxyl groups excluding tert-OH is 1. The van der Waals surface area contributed by atoms with Gasteiger partial charge in [-0.25, -0.2) is 15.8 Å². The van der Waals surface area contributed by atoms with Gasteiger partial charge in [-0.2, -0.15) is 5.10 Å². The van der Waals surface area contributed by atoms with Gasteiger partial charge < -0.3 is 20.4 Å². The number of rotatable bonds is 3. The van der Waals surface area contributed by atoms with Crippen LogP contribution in [0, 0.1) is 0 Å². The molecule has 0 saturated carbocycles. The summed E-state index contributed by atoms with van der Waals surface area (Å²) in [5.41, 5.74) is 0.607. The molecule has 3 rings (SSSR count). The fourth-order valence-electron chi connectivity index (χ4n) is 3.08. The van der Waals surface area contributed by atoms with Crippen LogP contribution < -0.4 is 16.6 Å². The molecule has 0 bridgehead atoms. The summed E-state index contributed by atoms with van der Waals surface area (Å²) in [6.07, 6.45) is 2.37. The number of aliphatic hydroxyl groups is 1. The average Bonchev–Trinajstić information content (AvgIpc) is 3.16. The highest BCUT2D eigenvalue weighted by Crippen LogP contribution is 2.31. The van der Waals surface area contributed by atoms with Crippen LogP contribution in [0.15, 0.2) is 17.4 Å². The van der Waals surface area contributed by atoms with Crippen LogP contribution in [-0.2, 0) is 12.0 Å². The lowest BCUT2D eigenvalue weighted by molar-refractivity contribution is 0.198. The molecule has 0 aromatic carbocycles. The number of nitrogens with zero attached hydrogens (tertiary/aromatic N) is 6. The molecular weight excluding hydrogens is 332 g/mol. The van der Waals surface area contributed by atoms with Crippen molar-refractivity contribution in [2.45, 2.75) is 45.3 Å². The van der Waals surface area contributed by atoms with Crippen LogP contribution in [-0.4, -0.2) is 56.7 Å². The van der Waals surface area contributed by atoms with Crippen molar-refractivity contribution in [3.05, 3.63) is 18.1 Å². The highest BCUT2D eigenvalue weighted by atomic mass is 16.3. The van der Waals surface area contributed by atoms with Crippen LogP contribution >= 0.6 is 0 Å². The Kier molecular flexibility index (Phi) is 4.76. The standard InChI is InChI=1S/C17H28N8O/c1-17(2,3)16-20-14(24-7-5-11(26)9-24)12-6-8-25(15(12)21-16)10-13(22-18)23(4)19/h6,8,11,26H,5,7,9-10,18-19H2,1-4H3/b22-13-. The zero-order chi connectivity index (χ0) is 19.1. The van der Waals surface area contributed by atoms with Crippen LogP contribution in [0.25, 0.3) is 11.0 Å². The maximum Gasteiger partial charge on any atom is 0.158 e. The van der Waals surface area contributed by atoms with Crippen LogP contribution in [0.1, 0.15) is 33.0 Å². The van der Waals surface area contributed by atoms with Crippen molar-refractivity contribution in [3.63, 3.8) is 0 Å². The van der Waals surface area contributed by atoms with E-state index in [0.717, 1.165) is 35.6 Å². The minimum Gasteiger partial charge on any atom is -0.391 e. The number of aromatic nitrogens is 3. The Morgan fingerprint density at radius 2 is 2.15 bits per heavy atom. The van der Waals surface area contributed by atoms with E-state index in [1.807, 2.05) is 16.8 Å². The van der Waals surface area contributed by atoms with Gasteiger partial charge in [0.2, 0.25) is 0 Å². The Morgan fingerprint density at radius 1 is 1.42 bits per heavy atom. The Hall–Kier alpha value is -2.39. The molecule has 2 aromatic rings. The number of anilines is 1. The molecule has 1 aliphatic rings. The molecule has 1 saturated heterocycles. The number of nitrogens with two attached hydrogens (primary N) is 2. The summed E-state index contributed by atoms with van der Waals surface area (Å²) >= 11 is 0. The first-order valence-electron chi connectivity index (χ1n) is 8.76. The van der Waals surface area contributed by atoms with Crippen LogP contribution in [0.2, 0.25) is 0 Å². The molecule has 5 N–H and O–H groups in total. The monoisotopic (exact) mass is 360 g/mol. The molecule has 1 unspecified atom stereocenters. The van der Waals surface area contributed by atoms with E-state index in [9.17, 15) is 5.11 Å². The number of β-amino-alcohol motifs (C(OH)–C–C–N with tert-alkyl or cyclic N) is 1. The predicted octanol–water partition coefficient (Wildman–Crippen LogP) is 0.378. The van der Waals surface area contributed by atoms with Crippen molar-refractivity contribution in [2.75, 3.05) is 25.0 Å². The lowest BCUT2D eigenvalue weighted by Crippen LogP contribution is -2.36. The first-order chi connectivity index (χ1) is 12.2. The number of amidine groups is 1. The highest BCUT2D eigenvalue weighted by Gasteiger charge is 2.27.